The smallest absolute Gasteiger partial charge is 0.255 e. The molecule has 1 N–H and O–H groups in total. The van der Waals surface area contributed by atoms with E-state index < -0.39 is 0 Å². The first-order valence-corrected chi connectivity index (χ1v) is 8.91. The lowest BCUT2D eigenvalue weighted by Crippen LogP contribution is -2.25. The van der Waals surface area contributed by atoms with Crippen molar-refractivity contribution in [2.45, 2.75) is 25.7 Å². The summed E-state index contributed by atoms with van der Waals surface area (Å²) in [6, 6.07) is 8.75. The fourth-order valence-corrected chi connectivity index (χ4v) is 3.24. The molecule has 3 rings (SSSR count). The third kappa shape index (κ3) is 4.42. The molecule has 25 heavy (non-hydrogen) atoms. The molecule has 1 aromatic carbocycles. The maximum absolute atomic E-state index is 12.6. The number of hydrogen-bond donors (Lipinski definition) is 1. The van der Waals surface area contributed by atoms with Crippen LogP contribution in [-0.4, -0.2) is 31.1 Å². The highest BCUT2D eigenvalue weighted by molar-refractivity contribution is 6.32. The molecule has 1 amide bonds. The number of amides is 1. The van der Waals surface area contributed by atoms with Gasteiger partial charge in [0.05, 0.1) is 12.1 Å². The molecule has 0 atom stereocenters. The minimum absolute atomic E-state index is 0.181. The lowest BCUT2D eigenvalue weighted by Gasteiger charge is -2.21. The van der Waals surface area contributed by atoms with Crippen molar-refractivity contribution in [2.75, 3.05) is 30.4 Å². The molecular weight excluding hydrogens is 338 g/mol. The summed E-state index contributed by atoms with van der Waals surface area (Å²) in [4.78, 5) is 19.2. The van der Waals surface area contributed by atoms with Crippen molar-refractivity contribution >= 4 is 29.0 Å². The average molecular weight is 360 g/mol. The Morgan fingerprint density at radius 1 is 1.16 bits per heavy atom. The summed E-state index contributed by atoms with van der Waals surface area (Å²) in [6.45, 7) is 1.98. The van der Waals surface area contributed by atoms with Crippen molar-refractivity contribution < 1.29 is 9.53 Å². The van der Waals surface area contributed by atoms with Gasteiger partial charge in [-0.25, -0.2) is 4.98 Å². The molecule has 0 saturated carbocycles. The quantitative estimate of drug-likeness (QED) is 0.880. The van der Waals surface area contributed by atoms with E-state index in [9.17, 15) is 4.79 Å². The van der Waals surface area contributed by atoms with Gasteiger partial charge in [-0.2, -0.15) is 0 Å². The number of benzene rings is 1. The van der Waals surface area contributed by atoms with Crippen LogP contribution >= 0.6 is 11.6 Å². The average Bonchev–Trinajstić information content (AvgIpc) is 2.91. The monoisotopic (exact) mass is 359 g/mol. The summed E-state index contributed by atoms with van der Waals surface area (Å²) < 4.78 is 5.12. The zero-order valence-corrected chi connectivity index (χ0v) is 15.1. The summed E-state index contributed by atoms with van der Waals surface area (Å²) in [6.07, 6.45) is 6.55. The van der Waals surface area contributed by atoms with E-state index in [1.165, 1.54) is 25.7 Å². The normalized spacial score (nSPS) is 14.7. The Kier molecular flexibility index (Phi) is 5.76. The van der Waals surface area contributed by atoms with E-state index in [1.54, 1.807) is 37.6 Å². The molecule has 0 radical (unpaired) electrons. The first-order chi connectivity index (χ1) is 12.2. The van der Waals surface area contributed by atoms with Crippen LogP contribution in [0.15, 0.2) is 36.5 Å². The highest BCUT2D eigenvalue weighted by atomic mass is 35.5. The minimum atomic E-state index is -0.181. The number of ether oxygens (including phenoxy) is 1. The van der Waals surface area contributed by atoms with E-state index in [4.69, 9.17) is 16.3 Å². The van der Waals surface area contributed by atoms with Crippen LogP contribution < -0.4 is 15.0 Å². The van der Waals surface area contributed by atoms with Gasteiger partial charge in [0.25, 0.3) is 5.91 Å². The van der Waals surface area contributed by atoms with Gasteiger partial charge >= 0.3 is 0 Å². The number of halogens is 1. The molecule has 0 aliphatic carbocycles. The van der Waals surface area contributed by atoms with E-state index in [2.05, 4.69) is 15.2 Å². The van der Waals surface area contributed by atoms with Gasteiger partial charge in [0.15, 0.2) is 0 Å². The SMILES string of the molecule is COc1ccc(NC(=O)c2ccnc(N3CCCCCC3)c2)cc1Cl. The molecular formula is C19H22ClN3O2. The van der Waals surface area contributed by atoms with Gasteiger partial charge in [0.2, 0.25) is 0 Å². The van der Waals surface area contributed by atoms with Gasteiger partial charge < -0.3 is 15.0 Å². The maximum Gasteiger partial charge on any atom is 0.255 e. The molecule has 2 heterocycles. The first kappa shape index (κ1) is 17.5. The summed E-state index contributed by atoms with van der Waals surface area (Å²) >= 11 is 6.11. The van der Waals surface area contributed by atoms with Gasteiger partial charge in [0.1, 0.15) is 11.6 Å². The van der Waals surface area contributed by atoms with Crippen LogP contribution in [0.3, 0.4) is 0 Å². The fraction of sp³-hybridized carbons (Fsp3) is 0.368. The van der Waals surface area contributed by atoms with E-state index in [0.29, 0.717) is 22.0 Å². The van der Waals surface area contributed by atoms with Crippen LogP contribution in [-0.2, 0) is 0 Å². The summed E-state index contributed by atoms with van der Waals surface area (Å²) in [5.74, 6) is 1.26. The Balaban J connectivity index is 1.73. The summed E-state index contributed by atoms with van der Waals surface area (Å²) in [7, 11) is 1.56. The number of hydrogen-bond acceptors (Lipinski definition) is 4. The van der Waals surface area contributed by atoms with Crippen molar-refractivity contribution in [2.24, 2.45) is 0 Å². The molecule has 6 heteroatoms. The van der Waals surface area contributed by atoms with Crippen LogP contribution in [0.25, 0.3) is 0 Å². The minimum Gasteiger partial charge on any atom is -0.495 e. The lowest BCUT2D eigenvalue weighted by molar-refractivity contribution is 0.102. The molecule has 1 aliphatic heterocycles. The first-order valence-electron chi connectivity index (χ1n) is 8.53. The molecule has 5 nitrogen and oxygen atoms in total. The third-order valence-electron chi connectivity index (χ3n) is 4.35. The molecule has 1 fully saturated rings. The standard InChI is InChI=1S/C19H22ClN3O2/c1-25-17-7-6-15(13-16(17)20)22-19(24)14-8-9-21-18(12-14)23-10-4-2-3-5-11-23/h6-9,12-13H,2-5,10-11H2,1H3,(H,22,24). The molecule has 1 aliphatic rings. The number of rotatable bonds is 4. The number of anilines is 2. The number of nitrogens with zero attached hydrogens (tertiary/aromatic N) is 2. The number of carbonyl (C=O) groups is 1. The van der Waals surface area contributed by atoms with Gasteiger partial charge in [-0.1, -0.05) is 24.4 Å². The van der Waals surface area contributed by atoms with Crippen LogP contribution in [0.4, 0.5) is 11.5 Å². The topological polar surface area (TPSA) is 54.5 Å². The van der Waals surface area contributed by atoms with Crippen molar-refractivity contribution in [1.29, 1.82) is 0 Å². The Hall–Kier alpha value is -2.27. The molecule has 0 unspecified atom stereocenters. The predicted molar refractivity (Wildman–Crippen MR) is 101 cm³/mol. The van der Waals surface area contributed by atoms with Gasteiger partial charge in [0, 0.05) is 30.5 Å². The molecule has 0 spiro atoms. The Morgan fingerprint density at radius 2 is 1.92 bits per heavy atom. The highest BCUT2D eigenvalue weighted by Crippen LogP contribution is 2.27. The maximum atomic E-state index is 12.6. The highest BCUT2D eigenvalue weighted by Gasteiger charge is 2.14. The van der Waals surface area contributed by atoms with E-state index >= 15 is 0 Å². The molecule has 2 aromatic rings. The Bertz CT molecular complexity index is 743. The van der Waals surface area contributed by atoms with Gasteiger partial charge in [-0.15, -0.1) is 0 Å². The number of pyridine rings is 1. The van der Waals surface area contributed by atoms with Crippen LogP contribution in [0.1, 0.15) is 36.0 Å². The van der Waals surface area contributed by atoms with Crippen LogP contribution in [0.5, 0.6) is 5.75 Å². The Morgan fingerprint density at radius 3 is 2.60 bits per heavy atom. The molecule has 132 valence electrons. The number of aromatic nitrogens is 1. The number of carbonyl (C=O) groups excluding carboxylic acids is 1. The molecule has 1 saturated heterocycles. The Labute approximate surface area is 153 Å². The third-order valence-corrected chi connectivity index (χ3v) is 4.64. The summed E-state index contributed by atoms with van der Waals surface area (Å²) in [5.41, 5.74) is 1.21. The molecule has 0 bridgehead atoms. The number of nitrogens with one attached hydrogen (secondary N) is 1. The predicted octanol–water partition coefficient (Wildman–Crippen LogP) is 4.38. The van der Waals surface area contributed by atoms with Gasteiger partial charge in [-0.05, 0) is 43.2 Å². The van der Waals surface area contributed by atoms with E-state index in [1.807, 2.05) is 6.07 Å². The second-order valence-electron chi connectivity index (χ2n) is 6.11. The second-order valence-corrected chi connectivity index (χ2v) is 6.51. The van der Waals surface area contributed by atoms with E-state index in [-0.39, 0.29) is 5.91 Å². The number of methoxy groups -OCH3 is 1. The lowest BCUT2D eigenvalue weighted by atomic mass is 10.2. The van der Waals surface area contributed by atoms with Crippen LogP contribution in [0.2, 0.25) is 5.02 Å². The van der Waals surface area contributed by atoms with Crippen molar-refractivity contribution in [3.05, 3.63) is 47.1 Å². The summed E-state index contributed by atoms with van der Waals surface area (Å²) in [5, 5.41) is 3.33. The molecule has 1 aromatic heterocycles. The largest absolute Gasteiger partial charge is 0.495 e. The zero-order chi connectivity index (χ0) is 17.6. The zero-order valence-electron chi connectivity index (χ0n) is 14.3. The fourth-order valence-electron chi connectivity index (χ4n) is 2.98. The van der Waals surface area contributed by atoms with Crippen molar-refractivity contribution in [3.8, 4) is 5.75 Å². The van der Waals surface area contributed by atoms with Crippen molar-refractivity contribution in [3.63, 3.8) is 0 Å². The van der Waals surface area contributed by atoms with Crippen LogP contribution in [0, 0.1) is 0 Å². The van der Waals surface area contributed by atoms with Crippen molar-refractivity contribution in [1.82, 2.24) is 4.98 Å². The second kappa shape index (κ2) is 8.21. The van der Waals surface area contributed by atoms with Gasteiger partial charge in [-0.3, -0.25) is 4.79 Å². The van der Waals surface area contributed by atoms with E-state index in [0.717, 1.165) is 18.9 Å².